The molecule has 4 aliphatic heterocycles. The van der Waals surface area contributed by atoms with Crippen molar-refractivity contribution in [2.75, 3.05) is 26.6 Å². The van der Waals surface area contributed by atoms with Gasteiger partial charge in [-0.1, -0.05) is 112 Å². The number of hydrogen-bond acceptors (Lipinski definition) is 6. The zero-order chi connectivity index (χ0) is 36.8. The molecule has 6 heteroatoms. The Morgan fingerprint density at radius 1 is 0.648 bits per heavy atom. The van der Waals surface area contributed by atoms with Gasteiger partial charge in [-0.25, -0.2) is 9.97 Å². The fourth-order valence-electron chi connectivity index (χ4n) is 11.1. The number of aryl methyl sites for hydroxylation is 1. The summed E-state index contributed by atoms with van der Waals surface area (Å²) in [4.78, 5) is 20.6. The summed E-state index contributed by atoms with van der Waals surface area (Å²) >= 11 is 0. The molecule has 0 saturated carbocycles. The van der Waals surface area contributed by atoms with Crippen LogP contribution < -0.4 is 19.6 Å². The van der Waals surface area contributed by atoms with Crippen molar-refractivity contribution in [3.63, 3.8) is 0 Å². The molecule has 0 fully saturated rings. The van der Waals surface area contributed by atoms with Crippen LogP contribution in [0.1, 0.15) is 69.1 Å². The van der Waals surface area contributed by atoms with Gasteiger partial charge in [0.2, 0.25) is 0 Å². The minimum atomic E-state index is -0.102. The van der Waals surface area contributed by atoms with Crippen LogP contribution in [0.2, 0.25) is 0 Å². The predicted molar refractivity (Wildman–Crippen MR) is 223 cm³/mol. The lowest BCUT2D eigenvalue weighted by Crippen LogP contribution is -2.63. The van der Waals surface area contributed by atoms with Gasteiger partial charge in [0.15, 0.2) is 11.6 Å². The van der Waals surface area contributed by atoms with Gasteiger partial charge in [0, 0.05) is 46.4 Å². The Labute approximate surface area is 319 Å². The fraction of sp³-hybridized carbons (Fsp3) is 0.292. The first-order valence-electron chi connectivity index (χ1n) is 19.8. The maximum Gasteiger partial charge on any atom is 0.162 e. The summed E-state index contributed by atoms with van der Waals surface area (Å²) in [6, 6.07) is 47.0. The van der Waals surface area contributed by atoms with E-state index in [4.69, 9.17) is 9.97 Å². The van der Waals surface area contributed by atoms with Crippen LogP contribution in [0.15, 0.2) is 134 Å². The summed E-state index contributed by atoms with van der Waals surface area (Å²) in [5.41, 5.74) is 12.5. The Balaban J connectivity index is 1.11. The van der Waals surface area contributed by atoms with E-state index in [0.717, 1.165) is 48.6 Å². The smallest absolute Gasteiger partial charge is 0.162 e. The molecule has 6 aromatic rings. The van der Waals surface area contributed by atoms with Crippen molar-refractivity contribution in [3.8, 4) is 11.4 Å². The number of anilines is 7. The number of para-hydroxylation sites is 5. The van der Waals surface area contributed by atoms with Crippen molar-refractivity contribution >= 4 is 39.9 Å². The Bertz CT molecular complexity index is 2390. The zero-order valence-corrected chi connectivity index (χ0v) is 31.9. The maximum atomic E-state index is 5.32. The number of rotatable bonds is 7. The lowest BCUT2D eigenvalue weighted by atomic mass is 9.52. The van der Waals surface area contributed by atoms with Crippen LogP contribution in [0.4, 0.5) is 39.9 Å². The van der Waals surface area contributed by atoms with Gasteiger partial charge in [0.25, 0.3) is 0 Å². The largest absolute Gasteiger partial charge is 0.349 e. The first kappa shape index (κ1) is 33.0. The van der Waals surface area contributed by atoms with Crippen LogP contribution in [-0.4, -0.2) is 29.3 Å². The van der Waals surface area contributed by atoms with Crippen molar-refractivity contribution < 1.29 is 0 Å². The van der Waals surface area contributed by atoms with Gasteiger partial charge in [-0.05, 0) is 85.7 Å². The number of aromatic nitrogens is 2. The second kappa shape index (κ2) is 12.2. The van der Waals surface area contributed by atoms with E-state index in [1.165, 1.54) is 45.1 Å². The Hall–Kier alpha value is -5.62. The fourth-order valence-corrected chi connectivity index (χ4v) is 11.1. The van der Waals surface area contributed by atoms with Gasteiger partial charge < -0.3 is 19.6 Å². The van der Waals surface area contributed by atoms with E-state index in [9.17, 15) is 0 Å². The van der Waals surface area contributed by atoms with E-state index in [1.807, 2.05) is 6.20 Å². The zero-order valence-electron chi connectivity index (χ0n) is 31.9. The third-order valence-electron chi connectivity index (χ3n) is 13.9. The monoisotopic (exact) mass is 708 g/mol. The normalized spacial score (nSPS) is 24.5. The molecule has 10 rings (SSSR count). The van der Waals surface area contributed by atoms with Crippen LogP contribution in [0.3, 0.4) is 0 Å². The molecule has 270 valence electrons. The average molecular weight is 709 g/mol. The minimum absolute atomic E-state index is 0.0785. The molecule has 5 atom stereocenters. The summed E-state index contributed by atoms with van der Waals surface area (Å²) < 4.78 is 0. The molecule has 0 N–H and O–H groups in total. The number of nitrogens with zero attached hydrogens (tertiary/aromatic N) is 6. The second-order valence-corrected chi connectivity index (χ2v) is 16.0. The third kappa shape index (κ3) is 4.34. The van der Waals surface area contributed by atoms with Gasteiger partial charge in [-0.15, -0.1) is 0 Å². The van der Waals surface area contributed by atoms with Crippen molar-refractivity contribution in [3.05, 3.63) is 150 Å². The summed E-state index contributed by atoms with van der Waals surface area (Å²) in [5.74, 6) is 2.08. The second-order valence-electron chi connectivity index (χ2n) is 16.0. The van der Waals surface area contributed by atoms with Gasteiger partial charge in [0.1, 0.15) is 18.0 Å². The predicted octanol–water partition coefficient (Wildman–Crippen LogP) is 11.6. The molecule has 5 unspecified atom stereocenters. The summed E-state index contributed by atoms with van der Waals surface area (Å²) in [6.45, 7) is 9.60. The van der Waals surface area contributed by atoms with Crippen LogP contribution in [-0.2, 0) is 5.41 Å². The molecular weight excluding hydrogens is 661 g/mol. The lowest BCUT2D eigenvalue weighted by molar-refractivity contribution is 0.0582. The first-order chi connectivity index (χ1) is 26.4. The highest BCUT2D eigenvalue weighted by Gasteiger charge is 2.63. The molecule has 5 aromatic carbocycles. The van der Waals surface area contributed by atoms with E-state index in [2.05, 4.69) is 182 Å². The molecule has 0 saturated heterocycles. The molecule has 4 aliphatic rings. The Kier molecular flexibility index (Phi) is 7.46. The van der Waals surface area contributed by atoms with Crippen molar-refractivity contribution in [2.45, 2.75) is 77.0 Å². The molecule has 54 heavy (non-hydrogen) atoms. The maximum absolute atomic E-state index is 5.32. The molecule has 0 aliphatic carbocycles. The highest BCUT2D eigenvalue weighted by atomic mass is 15.5. The van der Waals surface area contributed by atoms with Crippen LogP contribution in [0, 0.1) is 12.3 Å². The molecule has 1 aromatic heterocycles. The third-order valence-corrected chi connectivity index (χ3v) is 13.9. The Morgan fingerprint density at radius 2 is 1.30 bits per heavy atom. The lowest BCUT2D eigenvalue weighted by Gasteiger charge is -2.61. The van der Waals surface area contributed by atoms with E-state index >= 15 is 0 Å². The van der Waals surface area contributed by atoms with Gasteiger partial charge in [0.05, 0.1) is 17.6 Å². The topological polar surface area (TPSA) is 38.7 Å². The molecule has 0 radical (unpaired) electrons. The molecular formula is C48H48N6. The summed E-state index contributed by atoms with van der Waals surface area (Å²) in [5, 5.41) is 0. The molecule has 6 nitrogen and oxygen atoms in total. The van der Waals surface area contributed by atoms with E-state index in [-0.39, 0.29) is 29.1 Å². The molecule has 5 heterocycles. The van der Waals surface area contributed by atoms with Gasteiger partial charge in [-0.2, -0.15) is 0 Å². The van der Waals surface area contributed by atoms with Crippen molar-refractivity contribution in [1.82, 2.24) is 9.97 Å². The highest BCUT2D eigenvalue weighted by molar-refractivity contribution is 5.91. The Morgan fingerprint density at radius 3 is 2.04 bits per heavy atom. The van der Waals surface area contributed by atoms with Crippen molar-refractivity contribution in [1.29, 1.82) is 0 Å². The number of likely N-dealkylation sites (N-methyl/N-ethyl adjacent to an activating group) is 1. The standard InChI is InChI=1S/C48H48N6/c1-6-47(4)37-24-14-16-26-39(37)53-41-28-18-17-27-40(41)52(33-20-9-8-10-21-33)46(53)48(47,7-2)30-29-36-35-23-13-15-25-38(35)54-44-42(51(5)45(36)54)31-49-43(50-44)34-22-12-11-19-32(34)3/h8-28,31,36,45-46H,6-7,29-30H2,1-5H3. The van der Waals surface area contributed by atoms with E-state index < -0.39 is 0 Å². The highest BCUT2D eigenvalue weighted by Crippen LogP contribution is 2.67. The average Bonchev–Trinajstić information content (AvgIpc) is 3.84. The van der Waals surface area contributed by atoms with Crippen molar-refractivity contribution in [2.24, 2.45) is 5.41 Å². The van der Waals surface area contributed by atoms with Crippen LogP contribution >= 0.6 is 0 Å². The van der Waals surface area contributed by atoms with Gasteiger partial charge >= 0.3 is 0 Å². The quantitative estimate of drug-likeness (QED) is 0.164. The van der Waals surface area contributed by atoms with E-state index in [0.29, 0.717) is 0 Å². The van der Waals surface area contributed by atoms with E-state index in [1.54, 1.807) is 0 Å². The molecule has 0 spiro atoms. The molecule has 0 amide bonds. The van der Waals surface area contributed by atoms with Crippen LogP contribution in [0.5, 0.6) is 0 Å². The number of hydrogen-bond donors (Lipinski definition) is 0. The first-order valence-corrected chi connectivity index (χ1v) is 19.8. The van der Waals surface area contributed by atoms with Gasteiger partial charge in [-0.3, -0.25) is 0 Å². The molecule has 0 bridgehead atoms. The summed E-state index contributed by atoms with van der Waals surface area (Å²) in [7, 11) is 2.24. The number of benzene rings is 5. The summed E-state index contributed by atoms with van der Waals surface area (Å²) in [6.07, 6.45) is 6.49. The minimum Gasteiger partial charge on any atom is -0.349 e. The SMILES string of the molecule is CCC1(C)c2ccccc2N2c3ccccc3N(c3ccccc3)C2C1(CC)CCC1c2ccccc2N2c3nc(-c4ccccc4C)ncc3N(C)C12. The number of fused-ring (bicyclic) bond motifs is 10. The van der Waals surface area contributed by atoms with Crippen LogP contribution in [0.25, 0.3) is 11.4 Å².